The lowest BCUT2D eigenvalue weighted by Crippen LogP contribution is -2.59. The van der Waals surface area contributed by atoms with Crippen LogP contribution in [0.2, 0.25) is 0 Å². The van der Waals surface area contributed by atoms with Gasteiger partial charge in [-0.1, -0.05) is 39.5 Å². The fraction of sp³-hybridized carbons (Fsp3) is 1.00. The van der Waals surface area contributed by atoms with E-state index in [1.165, 1.54) is 0 Å². The molecule has 0 spiro atoms. The van der Waals surface area contributed by atoms with E-state index in [-0.39, 0.29) is 6.10 Å². The molecule has 0 aromatic heterocycles. The molecule has 1 fully saturated rings. The smallest absolute Gasteiger partial charge is 0.186 e. The van der Waals surface area contributed by atoms with Gasteiger partial charge in [-0.25, -0.2) is 0 Å². The van der Waals surface area contributed by atoms with Crippen LogP contribution in [0.3, 0.4) is 0 Å². The molecule has 1 aliphatic heterocycles. The zero-order chi connectivity index (χ0) is 15.8. The summed E-state index contributed by atoms with van der Waals surface area (Å²) in [5, 5.41) is 38.6. The van der Waals surface area contributed by atoms with Gasteiger partial charge in [-0.15, -0.1) is 0 Å². The quantitative estimate of drug-likeness (QED) is 0.464. The van der Waals surface area contributed by atoms with Gasteiger partial charge < -0.3 is 29.9 Å². The molecule has 21 heavy (non-hydrogen) atoms. The molecule has 0 aliphatic carbocycles. The molecule has 1 saturated heterocycles. The van der Waals surface area contributed by atoms with Crippen LogP contribution < -0.4 is 0 Å². The number of aliphatic hydroxyl groups excluding tert-OH is 4. The van der Waals surface area contributed by atoms with Gasteiger partial charge in [-0.2, -0.15) is 0 Å². The van der Waals surface area contributed by atoms with Gasteiger partial charge in [0, 0.05) is 0 Å². The Balaban J connectivity index is 2.58. The van der Waals surface area contributed by atoms with Crippen molar-refractivity contribution in [3.05, 3.63) is 0 Å². The van der Waals surface area contributed by atoms with E-state index in [1.54, 1.807) is 0 Å². The number of hydrogen-bond donors (Lipinski definition) is 4. The molecule has 0 bridgehead atoms. The highest BCUT2D eigenvalue weighted by Gasteiger charge is 2.44. The number of aliphatic hydroxyl groups is 4. The maximum Gasteiger partial charge on any atom is 0.186 e. The highest BCUT2D eigenvalue weighted by Crippen LogP contribution is 2.25. The van der Waals surface area contributed by atoms with Gasteiger partial charge >= 0.3 is 0 Å². The average molecular weight is 306 g/mol. The Hall–Kier alpha value is -0.240. The van der Waals surface area contributed by atoms with E-state index in [0.717, 1.165) is 38.5 Å². The minimum Gasteiger partial charge on any atom is -0.394 e. The molecule has 6 atom stereocenters. The Morgan fingerprint density at radius 1 is 0.952 bits per heavy atom. The van der Waals surface area contributed by atoms with Gasteiger partial charge in [-0.05, 0) is 12.8 Å². The molecule has 0 radical (unpaired) electrons. The third-order valence-corrected chi connectivity index (χ3v) is 3.92. The highest BCUT2D eigenvalue weighted by molar-refractivity contribution is 4.89. The summed E-state index contributed by atoms with van der Waals surface area (Å²) in [7, 11) is 0. The zero-order valence-corrected chi connectivity index (χ0v) is 13.0. The lowest BCUT2D eigenvalue weighted by Gasteiger charge is -2.40. The van der Waals surface area contributed by atoms with Crippen molar-refractivity contribution in [3.8, 4) is 0 Å². The van der Waals surface area contributed by atoms with Crippen molar-refractivity contribution in [1.82, 2.24) is 0 Å². The van der Waals surface area contributed by atoms with E-state index in [0.29, 0.717) is 0 Å². The van der Waals surface area contributed by atoms with E-state index in [2.05, 4.69) is 13.8 Å². The first-order valence-corrected chi connectivity index (χ1v) is 8.01. The number of ether oxygens (including phenoxy) is 2. The predicted molar refractivity (Wildman–Crippen MR) is 77.7 cm³/mol. The SMILES string of the molecule is CCCCCC(CCC)O[C@@H]1O[C@H](CO)[C@@H](O)[C@H](O)[C@H]1O. The summed E-state index contributed by atoms with van der Waals surface area (Å²) in [6.07, 6.45) is -0.0471. The summed E-state index contributed by atoms with van der Waals surface area (Å²) in [5.41, 5.74) is 0. The van der Waals surface area contributed by atoms with Gasteiger partial charge in [0.25, 0.3) is 0 Å². The van der Waals surface area contributed by atoms with Gasteiger partial charge in [0.2, 0.25) is 0 Å². The molecule has 1 rings (SSSR count). The van der Waals surface area contributed by atoms with Crippen LogP contribution in [0, 0.1) is 0 Å². The number of hydrogen-bond acceptors (Lipinski definition) is 6. The number of rotatable bonds is 9. The highest BCUT2D eigenvalue weighted by atomic mass is 16.7. The molecule has 4 N–H and O–H groups in total. The molecule has 0 aromatic carbocycles. The van der Waals surface area contributed by atoms with Crippen molar-refractivity contribution >= 4 is 0 Å². The summed E-state index contributed by atoms with van der Waals surface area (Å²) in [6.45, 7) is 3.76. The van der Waals surface area contributed by atoms with Crippen molar-refractivity contribution in [2.75, 3.05) is 6.61 Å². The summed E-state index contributed by atoms with van der Waals surface area (Å²) in [5.74, 6) is 0. The van der Waals surface area contributed by atoms with E-state index in [9.17, 15) is 15.3 Å². The lowest BCUT2D eigenvalue weighted by molar-refractivity contribution is -0.312. The molecule has 6 nitrogen and oxygen atoms in total. The second kappa shape index (κ2) is 9.71. The first-order valence-electron chi connectivity index (χ1n) is 8.01. The predicted octanol–water partition coefficient (Wildman–Crippen LogP) is 0.552. The normalized spacial score (nSPS) is 34.9. The van der Waals surface area contributed by atoms with E-state index < -0.39 is 37.3 Å². The monoisotopic (exact) mass is 306 g/mol. The van der Waals surface area contributed by atoms with Crippen molar-refractivity contribution in [2.24, 2.45) is 0 Å². The van der Waals surface area contributed by atoms with Crippen LogP contribution in [0.1, 0.15) is 52.4 Å². The number of unbranched alkanes of at least 4 members (excludes halogenated alkanes) is 2. The Morgan fingerprint density at radius 3 is 2.24 bits per heavy atom. The molecule has 0 amide bonds. The van der Waals surface area contributed by atoms with Crippen LogP contribution in [0.25, 0.3) is 0 Å². The molecule has 6 heteroatoms. The second-order valence-electron chi connectivity index (χ2n) is 5.74. The van der Waals surface area contributed by atoms with Crippen molar-refractivity contribution in [1.29, 1.82) is 0 Å². The van der Waals surface area contributed by atoms with Gasteiger partial charge in [-0.3, -0.25) is 0 Å². The minimum atomic E-state index is -1.38. The Kier molecular flexibility index (Phi) is 8.70. The van der Waals surface area contributed by atoms with E-state index in [1.807, 2.05) is 0 Å². The van der Waals surface area contributed by atoms with E-state index in [4.69, 9.17) is 14.6 Å². The van der Waals surface area contributed by atoms with Gasteiger partial charge in [0.05, 0.1) is 12.7 Å². The Labute approximate surface area is 126 Å². The maximum atomic E-state index is 9.97. The van der Waals surface area contributed by atoms with Crippen LogP contribution in [0.15, 0.2) is 0 Å². The standard InChI is InChI=1S/C15H30O6/c1-3-5-6-8-10(7-4-2)20-15-14(19)13(18)12(17)11(9-16)21-15/h10-19H,3-9H2,1-2H3/t10?,11-,12-,13+,14-,15-/m1/s1. The third-order valence-electron chi connectivity index (χ3n) is 3.92. The van der Waals surface area contributed by atoms with Crippen LogP contribution in [-0.4, -0.2) is 63.8 Å². The molecule has 0 saturated carbocycles. The molecule has 1 aliphatic rings. The van der Waals surface area contributed by atoms with Crippen molar-refractivity contribution in [3.63, 3.8) is 0 Å². The Morgan fingerprint density at radius 2 is 1.67 bits per heavy atom. The fourth-order valence-electron chi connectivity index (χ4n) is 2.59. The minimum absolute atomic E-state index is 0.0528. The fourth-order valence-corrected chi connectivity index (χ4v) is 2.59. The van der Waals surface area contributed by atoms with Crippen LogP contribution in [0.4, 0.5) is 0 Å². The largest absolute Gasteiger partial charge is 0.394 e. The summed E-state index contributed by atoms with van der Waals surface area (Å²) in [6, 6.07) is 0. The van der Waals surface area contributed by atoms with Crippen LogP contribution in [0.5, 0.6) is 0 Å². The summed E-state index contributed by atoms with van der Waals surface area (Å²) in [4.78, 5) is 0. The molecule has 0 aromatic rings. The van der Waals surface area contributed by atoms with Crippen LogP contribution in [-0.2, 0) is 9.47 Å². The van der Waals surface area contributed by atoms with Gasteiger partial charge in [0.1, 0.15) is 24.4 Å². The molecular weight excluding hydrogens is 276 g/mol. The third kappa shape index (κ3) is 5.47. The van der Waals surface area contributed by atoms with Gasteiger partial charge in [0.15, 0.2) is 6.29 Å². The molecule has 1 heterocycles. The molecule has 1 unspecified atom stereocenters. The zero-order valence-electron chi connectivity index (χ0n) is 13.0. The van der Waals surface area contributed by atoms with E-state index >= 15 is 0 Å². The first-order chi connectivity index (χ1) is 10.0. The molecular formula is C15H30O6. The average Bonchev–Trinajstić information content (AvgIpc) is 2.48. The molecule has 126 valence electrons. The summed E-state index contributed by atoms with van der Waals surface area (Å²) >= 11 is 0. The second-order valence-corrected chi connectivity index (χ2v) is 5.74. The summed E-state index contributed by atoms with van der Waals surface area (Å²) < 4.78 is 11.2. The maximum absolute atomic E-state index is 9.97. The topological polar surface area (TPSA) is 99.4 Å². The van der Waals surface area contributed by atoms with Crippen LogP contribution >= 0.6 is 0 Å². The van der Waals surface area contributed by atoms with Crippen molar-refractivity contribution in [2.45, 2.75) is 89.2 Å². The first kappa shape index (κ1) is 18.8. The lowest BCUT2D eigenvalue weighted by atomic mass is 9.99. The Bertz CT molecular complexity index is 273. The van der Waals surface area contributed by atoms with Crippen molar-refractivity contribution < 1.29 is 29.9 Å².